The molecule has 2 aromatic rings. The van der Waals surface area contributed by atoms with Gasteiger partial charge in [-0.3, -0.25) is 9.59 Å². The van der Waals surface area contributed by atoms with Crippen molar-refractivity contribution in [3.63, 3.8) is 0 Å². The van der Waals surface area contributed by atoms with Gasteiger partial charge in [-0.05, 0) is 30.9 Å². The lowest BCUT2D eigenvalue weighted by Gasteiger charge is -2.05. The summed E-state index contributed by atoms with van der Waals surface area (Å²) in [6.45, 7) is 4.06. The van der Waals surface area contributed by atoms with Crippen LogP contribution in [-0.4, -0.2) is 31.4 Å². The van der Waals surface area contributed by atoms with E-state index in [0.29, 0.717) is 41.2 Å². The van der Waals surface area contributed by atoms with E-state index in [-0.39, 0.29) is 17.4 Å². The molecule has 1 aromatic carbocycles. The highest BCUT2D eigenvalue weighted by atomic mass is 32.1. The molecule has 0 radical (unpaired) electrons. The molecule has 144 valence electrons. The summed E-state index contributed by atoms with van der Waals surface area (Å²) in [7, 11) is 1.27. The quantitative estimate of drug-likeness (QED) is 0.677. The SMILES string of the molecule is CCCC(=O)Nc1sc(C(=O)NCCc2ccccc2)c(C)c1C(=O)OC. The van der Waals surface area contributed by atoms with E-state index in [4.69, 9.17) is 4.74 Å². The smallest absolute Gasteiger partial charge is 0.341 e. The lowest BCUT2D eigenvalue weighted by atomic mass is 10.1. The van der Waals surface area contributed by atoms with Crippen LogP contribution >= 0.6 is 11.3 Å². The minimum atomic E-state index is -0.570. The van der Waals surface area contributed by atoms with Crippen LogP contribution in [0.15, 0.2) is 30.3 Å². The number of hydrogen-bond donors (Lipinski definition) is 2. The predicted octanol–water partition coefficient (Wildman–Crippen LogP) is 3.55. The number of anilines is 1. The number of carbonyl (C=O) groups excluding carboxylic acids is 3. The molecule has 0 aliphatic rings. The maximum atomic E-state index is 12.6. The molecule has 7 heteroatoms. The molecule has 2 amide bonds. The minimum Gasteiger partial charge on any atom is -0.465 e. The third-order valence-corrected chi connectivity index (χ3v) is 5.22. The van der Waals surface area contributed by atoms with E-state index in [1.807, 2.05) is 37.3 Å². The fraction of sp³-hybridized carbons (Fsp3) is 0.350. The Bertz CT molecular complexity index is 815. The zero-order valence-electron chi connectivity index (χ0n) is 15.8. The molecule has 0 aliphatic heterocycles. The van der Waals surface area contributed by atoms with Gasteiger partial charge in [-0.2, -0.15) is 0 Å². The van der Waals surface area contributed by atoms with Crippen molar-refractivity contribution in [2.24, 2.45) is 0 Å². The van der Waals surface area contributed by atoms with Crippen LogP contribution in [0.4, 0.5) is 5.00 Å². The molecule has 6 nitrogen and oxygen atoms in total. The number of nitrogens with one attached hydrogen (secondary N) is 2. The van der Waals surface area contributed by atoms with Gasteiger partial charge in [-0.25, -0.2) is 4.79 Å². The topological polar surface area (TPSA) is 84.5 Å². The molecule has 0 fully saturated rings. The Morgan fingerprint density at radius 3 is 2.48 bits per heavy atom. The summed E-state index contributed by atoms with van der Waals surface area (Å²) >= 11 is 1.09. The number of methoxy groups -OCH3 is 1. The third-order valence-electron chi connectivity index (χ3n) is 4.01. The predicted molar refractivity (Wildman–Crippen MR) is 106 cm³/mol. The van der Waals surface area contributed by atoms with Gasteiger partial charge >= 0.3 is 5.97 Å². The highest BCUT2D eigenvalue weighted by Gasteiger charge is 2.26. The molecule has 0 saturated heterocycles. The van der Waals surface area contributed by atoms with Gasteiger partial charge in [0.05, 0.1) is 17.6 Å². The molecular formula is C20H24N2O4S. The standard InChI is InChI=1S/C20H24N2O4S/c1-4-8-15(23)22-19-16(20(25)26-3)13(2)17(27-19)18(24)21-12-11-14-9-6-5-7-10-14/h5-7,9-10H,4,8,11-12H2,1-3H3,(H,21,24)(H,22,23). The summed E-state index contributed by atoms with van der Waals surface area (Å²) in [5, 5.41) is 5.95. The molecule has 27 heavy (non-hydrogen) atoms. The summed E-state index contributed by atoms with van der Waals surface area (Å²) in [6, 6.07) is 9.85. The molecule has 2 rings (SSSR count). The number of amides is 2. The minimum absolute atomic E-state index is 0.195. The zero-order chi connectivity index (χ0) is 19.8. The normalized spacial score (nSPS) is 10.3. The van der Waals surface area contributed by atoms with Gasteiger partial charge in [-0.1, -0.05) is 37.3 Å². The molecule has 0 bridgehead atoms. The van der Waals surface area contributed by atoms with Crippen molar-refractivity contribution in [2.75, 3.05) is 19.0 Å². The maximum Gasteiger partial charge on any atom is 0.341 e. The van der Waals surface area contributed by atoms with Gasteiger partial charge in [0.25, 0.3) is 5.91 Å². The molecule has 0 atom stereocenters. The molecule has 0 aliphatic carbocycles. The first-order valence-corrected chi connectivity index (χ1v) is 9.63. The van der Waals surface area contributed by atoms with Crippen molar-refractivity contribution in [1.29, 1.82) is 0 Å². The lowest BCUT2D eigenvalue weighted by Crippen LogP contribution is -2.25. The molecule has 0 saturated carbocycles. The van der Waals surface area contributed by atoms with Crippen LogP contribution in [0.3, 0.4) is 0 Å². The van der Waals surface area contributed by atoms with Crippen LogP contribution in [0.5, 0.6) is 0 Å². The van der Waals surface area contributed by atoms with Gasteiger partial charge in [0.1, 0.15) is 5.00 Å². The average molecular weight is 388 g/mol. The van der Waals surface area contributed by atoms with E-state index in [1.54, 1.807) is 6.92 Å². The van der Waals surface area contributed by atoms with Crippen molar-refractivity contribution in [3.05, 3.63) is 51.9 Å². The van der Waals surface area contributed by atoms with Crippen molar-refractivity contribution >= 4 is 34.1 Å². The second-order valence-corrected chi connectivity index (χ2v) is 7.06. The highest BCUT2D eigenvalue weighted by molar-refractivity contribution is 7.18. The largest absolute Gasteiger partial charge is 0.465 e. The molecule has 0 spiro atoms. The van der Waals surface area contributed by atoms with Crippen LogP contribution in [-0.2, 0) is 16.0 Å². The first-order valence-electron chi connectivity index (χ1n) is 8.81. The number of hydrogen-bond acceptors (Lipinski definition) is 5. The average Bonchev–Trinajstić information content (AvgIpc) is 2.98. The Morgan fingerprint density at radius 1 is 1.15 bits per heavy atom. The zero-order valence-corrected chi connectivity index (χ0v) is 16.6. The second-order valence-electron chi connectivity index (χ2n) is 6.04. The van der Waals surface area contributed by atoms with Gasteiger partial charge < -0.3 is 15.4 Å². The number of thiophene rings is 1. The van der Waals surface area contributed by atoms with Crippen LogP contribution in [0.25, 0.3) is 0 Å². The Hall–Kier alpha value is -2.67. The second kappa shape index (κ2) is 9.87. The van der Waals surface area contributed by atoms with Crippen LogP contribution < -0.4 is 10.6 Å². The van der Waals surface area contributed by atoms with E-state index >= 15 is 0 Å². The third kappa shape index (κ3) is 5.40. The lowest BCUT2D eigenvalue weighted by molar-refractivity contribution is -0.116. The first kappa shape index (κ1) is 20.6. The Morgan fingerprint density at radius 2 is 1.85 bits per heavy atom. The Kier molecular flexibility index (Phi) is 7.55. The van der Waals surface area contributed by atoms with Crippen molar-refractivity contribution < 1.29 is 19.1 Å². The van der Waals surface area contributed by atoms with Gasteiger partial charge in [0.15, 0.2) is 0 Å². The molecular weight excluding hydrogens is 364 g/mol. The van der Waals surface area contributed by atoms with Crippen LogP contribution in [0.2, 0.25) is 0 Å². The summed E-state index contributed by atoms with van der Waals surface area (Å²) in [5.74, 6) is -1.03. The Balaban J connectivity index is 2.14. The summed E-state index contributed by atoms with van der Waals surface area (Å²) < 4.78 is 4.82. The van der Waals surface area contributed by atoms with Gasteiger partial charge in [-0.15, -0.1) is 11.3 Å². The van der Waals surface area contributed by atoms with E-state index in [0.717, 1.165) is 16.9 Å². The maximum absolute atomic E-state index is 12.6. The Labute approximate surface area is 162 Å². The number of rotatable bonds is 8. The number of esters is 1. The number of benzene rings is 1. The summed E-state index contributed by atoms with van der Waals surface area (Å²) in [4.78, 5) is 37.0. The highest BCUT2D eigenvalue weighted by Crippen LogP contribution is 2.33. The van der Waals surface area contributed by atoms with Crippen molar-refractivity contribution in [2.45, 2.75) is 33.1 Å². The monoisotopic (exact) mass is 388 g/mol. The van der Waals surface area contributed by atoms with Gasteiger partial charge in [0, 0.05) is 13.0 Å². The first-order chi connectivity index (χ1) is 13.0. The molecule has 0 unspecified atom stereocenters. The molecule has 2 N–H and O–H groups in total. The van der Waals surface area contributed by atoms with E-state index in [9.17, 15) is 14.4 Å². The van der Waals surface area contributed by atoms with E-state index in [2.05, 4.69) is 10.6 Å². The number of ether oxygens (including phenoxy) is 1. The fourth-order valence-electron chi connectivity index (χ4n) is 2.63. The number of carbonyl (C=O) groups is 3. The van der Waals surface area contributed by atoms with Crippen LogP contribution in [0, 0.1) is 6.92 Å². The van der Waals surface area contributed by atoms with Crippen molar-refractivity contribution in [3.8, 4) is 0 Å². The summed E-state index contributed by atoms with van der Waals surface area (Å²) in [6.07, 6.45) is 1.74. The van der Waals surface area contributed by atoms with E-state index in [1.165, 1.54) is 7.11 Å². The van der Waals surface area contributed by atoms with Crippen molar-refractivity contribution in [1.82, 2.24) is 5.32 Å². The fourth-order valence-corrected chi connectivity index (χ4v) is 3.75. The van der Waals surface area contributed by atoms with Gasteiger partial charge in [0.2, 0.25) is 5.91 Å². The molecule has 1 heterocycles. The van der Waals surface area contributed by atoms with E-state index < -0.39 is 5.97 Å². The molecule has 1 aromatic heterocycles. The summed E-state index contributed by atoms with van der Waals surface area (Å²) in [5.41, 5.74) is 1.87. The van der Waals surface area contributed by atoms with Crippen LogP contribution in [0.1, 0.15) is 50.9 Å².